The molecule has 12 nitrogen and oxygen atoms in total. The number of nitrogens with zero attached hydrogens (tertiary/aromatic N) is 3. The Morgan fingerprint density at radius 2 is 0.937 bits per heavy atom. The maximum absolute atomic E-state index is 12.5. The summed E-state index contributed by atoms with van der Waals surface area (Å²) in [7, 11) is 6.56. The van der Waals surface area contributed by atoms with E-state index in [4.69, 9.17) is 14.2 Å². The Kier molecular flexibility index (Phi) is 7.88. The Morgan fingerprint density at radius 1 is 0.540 bits per heavy atom. The minimum Gasteiger partial charge on any atom is -0.504 e. The van der Waals surface area contributed by atoms with Gasteiger partial charge in [0, 0.05) is 64.4 Å². The number of rotatable bonds is 0. The van der Waals surface area contributed by atoms with Gasteiger partial charge in [-0.1, -0.05) is 24.3 Å². The zero-order valence-corrected chi connectivity index (χ0v) is 36.1. The van der Waals surface area contributed by atoms with Crippen molar-refractivity contribution in [2.45, 2.75) is 117 Å². The molecule has 63 heavy (non-hydrogen) atoms. The number of carbonyl (C=O) groups is 3. The van der Waals surface area contributed by atoms with Crippen molar-refractivity contribution in [2.75, 3.05) is 40.8 Å². The number of ketones is 3. The lowest BCUT2D eigenvalue weighted by Gasteiger charge is -2.57. The molecule has 12 heteroatoms. The van der Waals surface area contributed by atoms with Crippen molar-refractivity contribution in [3.05, 3.63) is 81.9 Å². The molecule has 6 bridgehead atoms. The first-order chi connectivity index (χ1) is 30.4. The van der Waals surface area contributed by atoms with Crippen molar-refractivity contribution < 1.29 is 43.9 Å². The third kappa shape index (κ3) is 4.65. The van der Waals surface area contributed by atoms with Gasteiger partial charge in [-0.2, -0.15) is 0 Å². The molecule has 3 aromatic carbocycles. The Bertz CT molecular complexity index is 2480. The van der Waals surface area contributed by atoms with Crippen LogP contribution in [-0.4, -0.2) is 125 Å². The Morgan fingerprint density at radius 3 is 1.41 bits per heavy atom. The quantitative estimate of drug-likeness (QED) is 0.289. The van der Waals surface area contributed by atoms with E-state index >= 15 is 0 Å². The lowest BCUT2D eigenvalue weighted by Crippen LogP contribution is -2.65. The minimum absolute atomic E-state index is 0.0398. The summed E-state index contributed by atoms with van der Waals surface area (Å²) in [6.45, 7) is 2.97. The Labute approximate surface area is 366 Å². The number of piperidine rings is 3. The SMILES string of the molecule is CN1CCC23c4c5ccc(O)c4O[C@H]2C(=O)C=C[C@H]3C1C5.CN1CCC23c4c5ccc(O)c4O[C@H]2C(=O)CC[C@H]3C1C5.CN1CCC23c4c5ccc(O)c4O[C@H]2C(=O)CC[C@H]3C1C5. The van der Waals surface area contributed by atoms with Gasteiger partial charge in [-0.3, -0.25) is 14.4 Å². The topological polar surface area (TPSA) is 149 Å². The molecule has 3 aromatic rings. The maximum atomic E-state index is 12.5. The second-order valence-electron chi connectivity index (χ2n) is 21.0. The van der Waals surface area contributed by atoms with E-state index in [1.807, 2.05) is 18.2 Å². The molecule has 3 saturated heterocycles. The van der Waals surface area contributed by atoms with E-state index < -0.39 is 6.10 Å². The molecular formula is C51H55N3O9. The lowest BCUT2D eigenvalue weighted by molar-refractivity contribution is -0.138. The summed E-state index contributed by atoms with van der Waals surface area (Å²) < 4.78 is 18.1. The van der Waals surface area contributed by atoms with Gasteiger partial charge in [-0.15, -0.1) is 0 Å². The van der Waals surface area contributed by atoms with E-state index in [-0.39, 0.29) is 63.1 Å². The number of ether oxygens (including phenoxy) is 3. The standard InChI is InChI=1S/2C17H19NO3.C17H17NO3/c3*1-18-7-6-17-10-3-5-13(20)16(17)21-15-12(19)4-2-9(14(15)17)8-11(10)18/h2*2,4,10-11,16,19H,3,5-8H2,1H3;2-5,10-11,16,19H,6-8H2,1H3/t3*10-,11?,16-,17?/m000/s1. The second kappa shape index (κ2) is 12.9. The van der Waals surface area contributed by atoms with Crippen LogP contribution < -0.4 is 14.2 Å². The van der Waals surface area contributed by atoms with Gasteiger partial charge in [0.2, 0.25) is 0 Å². The first-order valence-corrected chi connectivity index (χ1v) is 23.3. The molecular weight excluding hydrogens is 799 g/mol. The highest BCUT2D eigenvalue weighted by Gasteiger charge is 2.68. The van der Waals surface area contributed by atoms with E-state index in [9.17, 15) is 29.7 Å². The summed E-state index contributed by atoms with van der Waals surface area (Å²) in [4.78, 5) is 44.7. The van der Waals surface area contributed by atoms with Crippen LogP contribution in [0.3, 0.4) is 0 Å². The predicted molar refractivity (Wildman–Crippen MR) is 230 cm³/mol. The summed E-state index contributed by atoms with van der Waals surface area (Å²) >= 11 is 0. The van der Waals surface area contributed by atoms with Crippen LogP contribution in [-0.2, 0) is 49.9 Å². The van der Waals surface area contributed by atoms with Gasteiger partial charge in [-0.05, 0) is 145 Å². The van der Waals surface area contributed by atoms with Gasteiger partial charge in [0.25, 0.3) is 0 Å². The summed E-state index contributed by atoms with van der Waals surface area (Å²) in [5.74, 6) is 4.06. The van der Waals surface area contributed by atoms with Gasteiger partial charge in [0.1, 0.15) is 0 Å². The molecule has 2 saturated carbocycles. The molecule has 328 valence electrons. The van der Waals surface area contributed by atoms with Crippen LogP contribution in [0.4, 0.5) is 0 Å². The second-order valence-corrected chi connectivity index (χ2v) is 21.0. The molecule has 12 atom stereocenters. The van der Waals surface area contributed by atoms with Crippen LogP contribution in [0.15, 0.2) is 48.6 Å². The van der Waals surface area contributed by atoms with Gasteiger partial charge >= 0.3 is 0 Å². The number of benzene rings is 3. The Hall–Kier alpha value is -4.91. The van der Waals surface area contributed by atoms with Crippen molar-refractivity contribution in [2.24, 2.45) is 17.8 Å². The number of phenols is 3. The number of carbonyl (C=O) groups excluding carboxylic acids is 3. The number of hydrogen-bond donors (Lipinski definition) is 3. The van der Waals surface area contributed by atoms with E-state index in [1.54, 1.807) is 24.3 Å². The van der Waals surface area contributed by atoms with Crippen LogP contribution in [0.5, 0.6) is 34.5 Å². The molecule has 5 fully saturated rings. The summed E-state index contributed by atoms with van der Waals surface area (Å²) in [6, 6.07) is 12.6. The molecule has 0 radical (unpaired) electrons. The fourth-order valence-corrected chi connectivity index (χ4v) is 16.1. The third-order valence-corrected chi connectivity index (χ3v) is 18.8. The third-order valence-electron chi connectivity index (χ3n) is 18.8. The summed E-state index contributed by atoms with van der Waals surface area (Å²) in [6.07, 6.45) is 11.6. The van der Waals surface area contributed by atoms with Crippen LogP contribution in [0, 0.1) is 17.8 Å². The van der Waals surface area contributed by atoms with Crippen molar-refractivity contribution in [3.8, 4) is 34.5 Å². The zero-order valence-electron chi connectivity index (χ0n) is 36.1. The maximum Gasteiger partial charge on any atom is 0.196 e. The predicted octanol–water partition coefficient (Wildman–Crippen LogP) is 4.67. The summed E-state index contributed by atoms with van der Waals surface area (Å²) in [5, 5.41) is 30.6. The Balaban J connectivity index is 0.0000000957. The van der Waals surface area contributed by atoms with Crippen molar-refractivity contribution in [1.82, 2.24) is 14.7 Å². The normalized spacial score (nSPS) is 39.6. The van der Waals surface area contributed by atoms with Crippen LogP contribution in [0.1, 0.15) is 78.3 Å². The average molecular weight is 854 g/mol. The number of hydrogen-bond acceptors (Lipinski definition) is 12. The van der Waals surface area contributed by atoms with Gasteiger partial charge in [0.15, 0.2) is 70.2 Å². The fourth-order valence-electron chi connectivity index (χ4n) is 16.1. The van der Waals surface area contributed by atoms with Crippen LogP contribution in [0.25, 0.3) is 0 Å². The van der Waals surface area contributed by atoms with Gasteiger partial charge in [0.05, 0.1) is 5.41 Å². The van der Waals surface area contributed by atoms with Crippen molar-refractivity contribution in [3.63, 3.8) is 0 Å². The van der Waals surface area contributed by atoms with Crippen molar-refractivity contribution >= 4 is 17.3 Å². The number of aromatic hydroxyl groups is 3. The van der Waals surface area contributed by atoms with Gasteiger partial charge in [-0.25, -0.2) is 0 Å². The number of likely N-dealkylation sites (N-methyl/N-ethyl adjacent to an activating group) is 3. The van der Waals surface area contributed by atoms with E-state index in [2.05, 4.69) is 41.9 Å². The van der Waals surface area contributed by atoms with E-state index in [1.165, 1.54) is 16.7 Å². The molecule has 3 N–H and O–H groups in total. The van der Waals surface area contributed by atoms with Crippen LogP contribution >= 0.6 is 0 Å². The molecule has 15 rings (SSSR count). The monoisotopic (exact) mass is 853 g/mol. The number of Topliss-reactive ketones (excluding diaryl/α,β-unsaturated/α-hetero) is 2. The molecule has 6 heterocycles. The molecule has 6 aliphatic heterocycles. The number of likely N-dealkylation sites (tertiary alicyclic amines) is 3. The molecule has 3 spiro atoms. The molecule has 12 aliphatic rings. The van der Waals surface area contributed by atoms with Gasteiger partial charge < -0.3 is 44.2 Å². The first-order valence-electron chi connectivity index (χ1n) is 23.3. The minimum atomic E-state index is -0.453. The summed E-state index contributed by atoms with van der Waals surface area (Å²) in [5.41, 5.74) is 6.61. The molecule has 6 aliphatic carbocycles. The molecule has 0 aromatic heterocycles. The highest BCUT2D eigenvalue weighted by atomic mass is 16.5. The van der Waals surface area contributed by atoms with E-state index in [0.717, 1.165) is 87.7 Å². The smallest absolute Gasteiger partial charge is 0.196 e. The highest BCUT2D eigenvalue weighted by molar-refractivity contribution is 5.98. The average Bonchev–Trinajstić information content (AvgIpc) is 3.95. The number of phenolic OH excluding ortho intramolecular Hbond substituents is 3. The molecule has 6 unspecified atom stereocenters. The molecule has 0 amide bonds. The van der Waals surface area contributed by atoms with Crippen molar-refractivity contribution in [1.29, 1.82) is 0 Å². The fraction of sp³-hybridized carbons (Fsp3) is 0.549. The van der Waals surface area contributed by atoms with Crippen LogP contribution in [0.2, 0.25) is 0 Å². The first kappa shape index (κ1) is 38.5. The lowest BCUT2D eigenvalue weighted by atomic mass is 9.52. The largest absolute Gasteiger partial charge is 0.504 e. The zero-order chi connectivity index (χ0) is 43.1. The van der Waals surface area contributed by atoms with E-state index in [0.29, 0.717) is 66.0 Å². The highest BCUT2D eigenvalue weighted by Crippen LogP contribution is 2.65.